The van der Waals surface area contributed by atoms with Crippen molar-refractivity contribution >= 4 is 34.1 Å². The second-order valence-corrected chi connectivity index (χ2v) is 5.20. The summed E-state index contributed by atoms with van der Waals surface area (Å²) in [6.07, 6.45) is 0.747. The maximum absolute atomic E-state index is 11.8. The molecule has 1 rings (SSSR count). The highest BCUT2D eigenvalue weighted by Gasteiger charge is 2.18. The number of carbonyl (C=O) groups excluding carboxylic acids is 3. The minimum absolute atomic E-state index is 0.180. The number of carbonyl (C=O) groups is 3. The molecule has 116 valence electrons. The lowest BCUT2D eigenvalue weighted by Gasteiger charge is -2.06. The van der Waals surface area contributed by atoms with Crippen molar-refractivity contribution in [2.75, 3.05) is 25.0 Å². The van der Waals surface area contributed by atoms with Crippen LogP contribution in [0.1, 0.15) is 29.1 Å². The van der Waals surface area contributed by atoms with Crippen LogP contribution in [-0.2, 0) is 20.7 Å². The number of nitrogens with two attached hydrogens (primary N) is 1. The maximum Gasteiger partial charge on any atom is 0.341 e. The van der Waals surface area contributed by atoms with E-state index in [0.29, 0.717) is 10.6 Å². The van der Waals surface area contributed by atoms with E-state index >= 15 is 0 Å². The predicted octanol–water partition coefficient (Wildman–Crippen LogP) is 0.501. The van der Waals surface area contributed by atoms with Crippen LogP contribution in [0.5, 0.6) is 0 Å². The van der Waals surface area contributed by atoms with E-state index in [0.717, 1.165) is 11.3 Å². The van der Waals surface area contributed by atoms with Gasteiger partial charge in [0.05, 0.1) is 25.3 Å². The second-order valence-electron chi connectivity index (χ2n) is 4.06. The standard InChI is InChI=1S/C13H19N3O4S/c1-3-8-5-9(13(19)20-4-2)12(21-8)16-11(18)7-15-10(17)6-14/h5H,3-4,6-7,14H2,1-2H3,(H,15,17)(H,16,18). The Labute approximate surface area is 126 Å². The molecule has 1 aromatic rings. The third kappa shape index (κ3) is 5.16. The van der Waals surface area contributed by atoms with Crippen molar-refractivity contribution in [3.8, 4) is 0 Å². The molecular formula is C13H19N3O4S. The quantitative estimate of drug-likeness (QED) is 0.635. The van der Waals surface area contributed by atoms with Gasteiger partial charge in [-0.3, -0.25) is 9.59 Å². The molecular weight excluding hydrogens is 294 g/mol. The molecule has 21 heavy (non-hydrogen) atoms. The average molecular weight is 313 g/mol. The molecule has 0 fully saturated rings. The molecule has 0 saturated carbocycles. The van der Waals surface area contributed by atoms with Gasteiger partial charge in [-0.05, 0) is 19.4 Å². The van der Waals surface area contributed by atoms with Gasteiger partial charge in [-0.15, -0.1) is 11.3 Å². The Kier molecular flexibility index (Phi) is 6.83. The Balaban J connectivity index is 2.76. The van der Waals surface area contributed by atoms with Crippen molar-refractivity contribution in [3.05, 3.63) is 16.5 Å². The van der Waals surface area contributed by atoms with E-state index < -0.39 is 17.8 Å². The number of hydrogen-bond acceptors (Lipinski definition) is 6. The van der Waals surface area contributed by atoms with Crippen molar-refractivity contribution in [3.63, 3.8) is 0 Å². The first kappa shape index (κ1) is 17.1. The minimum atomic E-state index is -0.477. The van der Waals surface area contributed by atoms with Crippen molar-refractivity contribution in [1.82, 2.24) is 5.32 Å². The highest BCUT2D eigenvalue weighted by Crippen LogP contribution is 2.29. The smallest absolute Gasteiger partial charge is 0.341 e. The van der Waals surface area contributed by atoms with E-state index in [-0.39, 0.29) is 19.7 Å². The first-order valence-corrected chi connectivity index (χ1v) is 7.39. The molecule has 0 spiro atoms. The zero-order valence-corrected chi connectivity index (χ0v) is 12.8. The van der Waals surface area contributed by atoms with Crippen LogP contribution in [-0.4, -0.2) is 37.5 Å². The summed E-state index contributed by atoms with van der Waals surface area (Å²) in [5.74, 6) is -1.32. The van der Waals surface area contributed by atoms with Gasteiger partial charge >= 0.3 is 5.97 Å². The third-order valence-electron chi connectivity index (χ3n) is 2.51. The maximum atomic E-state index is 11.8. The Morgan fingerprint density at radius 3 is 2.57 bits per heavy atom. The largest absolute Gasteiger partial charge is 0.462 e. The molecule has 0 atom stereocenters. The molecule has 0 bridgehead atoms. The van der Waals surface area contributed by atoms with E-state index in [1.165, 1.54) is 11.3 Å². The monoisotopic (exact) mass is 313 g/mol. The molecule has 0 unspecified atom stereocenters. The van der Waals surface area contributed by atoms with Crippen LogP contribution >= 0.6 is 11.3 Å². The summed E-state index contributed by atoms with van der Waals surface area (Å²) in [5.41, 5.74) is 5.46. The molecule has 8 heteroatoms. The Morgan fingerprint density at radius 1 is 1.29 bits per heavy atom. The third-order valence-corrected chi connectivity index (χ3v) is 3.71. The van der Waals surface area contributed by atoms with Crippen LogP contribution in [0, 0.1) is 0 Å². The molecule has 4 N–H and O–H groups in total. The van der Waals surface area contributed by atoms with Gasteiger partial charge < -0.3 is 21.1 Å². The number of anilines is 1. The van der Waals surface area contributed by atoms with Crippen LogP contribution in [0.15, 0.2) is 6.07 Å². The van der Waals surface area contributed by atoms with E-state index in [1.807, 2.05) is 6.92 Å². The van der Waals surface area contributed by atoms with Crippen LogP contribution in [0.25, 0.3) is 0 Å². The van der Waals surface area contributed by atoms with Crippen molar-refractivity contribution < 1.29 is 19.1 Å². The van der Waals surface area contributed by atoms with E-state index in [9.17, 15) is 14.4 Å². The minimum Gasteiger partial charge on any atom is -0.462 e. The summed E-state index contributed by atoms with van der Waals surface area (Å²) < 4.78 is 4.95. The summed E-state index contributed by atoms with van der Waals surface area (Å²) in [6.45, 7) is 3.55. The fourth-order valence-corrected chi connectivity index (χ4v) is 2.49. The molecule has 0 aliphatic rings. The van der Waals surface area contributed by atoms with Crippen LogP contribution < -0.4 is 16.4 Å². The zero-order chi connectivity index (χ0) is 15.8. The van der Waals surface area contributed by atoms with Crippen LogP contribution in [0.4, 0.5) is 5.00 Å². The summed E-state index contributed by atoms with van der Waals surface area (Å²) in [5, 5.41) is 5.39. The lowest BCUT2D eigenvalue weighted by molar-refractivity contribution is -0.123. The summed E-state index contributed by atoms with van der Waals surface area (Å²) in [7, 11) is 0. The predicted molar refractivity (Wildman–Crippen MR) is 80.3 cm³/mol. The number of thiophene rings is 1. The molecule has 7 nitrogen and oxygen atoms in total. The van der Waals surface area contributed by atoms with Crippen molar-refractivity contribution in [2.24, 2.45) is 5.73 Å². The number of amides is 2. The fourth-order valence-electron chi connectivity index (χ4n) is 1.49. The lowest BCUT2D eigenvalue weighted by Crippen LogP contribution is -2.36. The normalized spacial score (nSPS) is 10.0. The lowest BCUT2D eigenvalue weighted by atomic mass is 10.2. The topological polar surface area (TPSA) is 111 Å². The Bertz CT molecular complexity index is 527. The number of nitrogens with one attached hydrogen (secondary N) is 2. The van der Waals surface area contributed by atoms with Crippen LogP contribution in [0.2, 0.25) is 0 Å². The molecule has 0 radical (unpaired) electrons. The molecule has 2 amide bonds. The molecule has 0 aromatic carbocycles. The number of rotatable bonds is 7. The van der Waals surface area contributed by atoms with Gasteiger partial charge in [0.2, 0.25) is 11.8 Å². The Morgan fingerprint density at radius 2 is 2.00 bits per heavy atom. The van der Waals surface area contributed by atoms with Gasteiger partial charge in [0, 0.05) is 4.88 Å². The van der Waals surface area contributed by atoms with E-state index in [1.54, 1.807) is 13.0 Å². The van der Waals surface area contributed by atoms with Gasteiger partial charge in [0.25, 0.3) is 0 Å². The molecule has 0 aliphatic heterocycles. The van der Waals surface area contributed by atoms with Gasteiger partial charge in [-0.2, -0.15) is 0 Å². The summed E-state index contributed by atoms with van der Waals surface area (Å²) in [4.78, 5) is 35.5. The van der Waals surface area contributed by atoms with Gasteiger partial charge in [-0.1, -0.05) is 6.92 Å². The first-order chi connectivity index (χ1) is 10.0. The molecule has 0 saturated heterocycles. The Hall–Kier alpha value is -1.93. The molecule has 0 aliphatic carbocycles. The number of esters is 1. The number of ether oxygens (including phenoxy) is 1. The highest BCUT2D eigenvalue weighted by atomic mass is 32.1. The summed E-state index contributed by atoms with van der Waals surface area (Å²) in [6, 6.07) is 1.71. The van der Waals surface area contributed by atoms with E-state index in [4.69, 9.17) is 10.5 Å². The zero-order valence-electron chi connectivity index (χ0n) is 12.0. The second kappa shape index (κ2) is 8.38. The highest BCUT2D eigenvalue weighted by molar-refractivity contribution is 7.16. The van der Waals surface area contributed by atoms with Crippen molar-refractivity contribution in [2.45, 2.75) is 20.3 Å². The van der Waals surface area contributed by atoms with Gasteiger partial charge in [-0.25, -0.2) is 4.79 Å². The average Bonchev–Trinajstić information content (AvgIpc) is 2.88. The SMILES string of the molecule is CCOC(=O)c1cc(CC)sc1NC(=O)CNC(=O)CN. The summed E-state index contributed by atoms with van der Waals surface area (Å²) >= 11 is 1.31. The van der Waals surface area contributed by atoms with Crippen LogP contribution in [0.3, 0.4) is 0 Å². The van der Waals surface area contributed by atoms with Crippen molar-refractivity contribution in [1.29, 1.82) is 0 Å². The number of hydrogen-bond donors (Lipinski definition) is 3. The molecule has 1 heterocycles. The number of aryl methyl sites for hydroxylation is 1. The van der Waals surface area contributed by atoms with Gasteiger partial charge in [0.15, 0.2) is 0 Å². The first-order valence-electron chi connectivity index (χ1n) is 6.58. The molecule has 1 aromatic heterocycles. The fraction of sp³-hybridized carbons (Fsp3) is 0.462. The van der Waals surface area contributed by atoms with Gasteiger partial charge in [0.1, 0.15) is 5.00 Å². The van der Waals surface area contributed by atoms with E-state index in [2.05, 4.69) is 10.6 Å².